The van der Waals surface area contributed by atoms with E-state index in [4.69, 9.17) is 9.47 Å². The van der Waals surface area contributed by atoms with E-state index in [9.17, 15) is 9.90 Å². The van der Waals surface area contributed by atoms with Crippen molar-refractivity contribution in [2.75, 3.05) is 13.2 Å². The van der Waals surface area contributed by atoms with Crippen molar-refractivity contribution in [2.24, 2.45) is 0 Å². The fourth-order valence-corrected chi connectivity index (χ4v) is 4.58. The minimum absolute atomic E-state index is 0.349. The summed E-state index contributed by atoms with van der Waals surface area (Å²) >= 11 is 0. The molecule has 0 aromatic heterocycles. The zero-order chi connectivity index (χ0) is 24.5. The van der Waals surface area contributed by atoms with Crippen LogP contribution in [0.1, 0.15) is 55.7 Å². The van der Waals surface area contributed by atoms with Crippen molar-refractivity contribution in [3.8, 4) is 16.9 Å². The molecule has 0 fully saturated rings. The second-order valence-electron chi connectivity index (χ2n) is 8.98. The first-order valence-electron chi connectivity index (χ1n) is 12.6. The molecule has 1 atom stereocenters. The Kier molecular flexibility index (Phi) is 8.74. The molecule has 0 spiro atoms. The van der Waals surface area contributed by atoms with E-state index in [-0.39, 0.29) is 0 Å². The van der Waals surface area contributed by atoms with Crippen LogP contribution in [0, 0.1) is 0 Å². The number of fused-ring (bicyclic) bond motifs is 3. The highest BCUT2D eigenvalue weighted by Gasteiger charge is 2.22. The molecule has 182 valence electrons. The first-order valence-corrected chi connectivity index (χ1v) is 12.6. The number of carboxylic acids is 1. The van der Waals surface area contributed by atoms with Gasteiger partial charge in [0, 0.05) is 13.0 Å². The van der Waals surface area contributed by atoms with Gasteiger partial charge in [0.25, 0.3) is 0 Å². The molecule has 4 heteroatoms. The maximum absolute atomic E-state index is 11.6. The fraction of sp³-hybridized carbons (Fsp3) is 0.323. The highest BCUT2D eigenvalue weighted by atomic mass is 16.5. The molecule has 0 saturated carbocycles. The minimum atomic E-state index is -0.914. The second-order valence-corrected chi connectivity index (χ2v) is 8.98. The van der Waals surface area contributed by atoms with Crippen molar-refractivity contribution >= 4 is 11.5 Å². The Balaban J connectivity index is 1.32. The topological polar surface area (TPSA) is 55.8 Å². The molecule has 0 radical (unpaired) electrons. The van der Waals surface area contributed by atoms with Crippen LogP contribution in [0.5, 0.6) is 5.75 Å². The molecular weight excluding hydrogens is 436 g/mol. The number of aliphatic carboxylic acids is 1. The molecule has 3 aromatic rings. The Morgan fingerprint density at radius 2 is 1.43 bits per heavy atom. The van der Waals surface area contributed by atoms with Gasteiger partial charge in [-0.25, -0.2) is 4.79 Å². The molecule has 0 saturated heterocycles. The number of ether oxygens (including phenoxy) is 2. The van der Waals surface area contributed by atoms with Gasteiger partial charge in [0.1, 0.15) is 12.4 Å². The van der Waals surface area contributed by atoms with Crippen molar-refractivity contribution in [2.45, 2.75) is 51.6 Å². The number of unbranched alkanes of at least 4 members (excludes halogenated alkanes) is 4. The van der Waals surface area contributed by atoms with Gasteiger partial charge >= 0.3 is 5.97 Å². The molecule has 4 nitrogen and oxygen atoms in total. The minimum Gasteiger partial charge on any atom is -0.490 e. The predicted octanol–water partition coefficient (Wildman–Crippen LogP) is 7.16. The van der Waals surface area contributed by atoms with Crippen LogP contribution in [0.3, 0.4) is 0 Å². The van der Waals surface area contributed by atoms with E-state index in [2.05, 4.69) is 61.5 Å². The van der Waals surface area contributed by atoms with Crippen LogP contribution >= 0.6 is 0 Å². The van der Waals surface area contributed by atoms with Gasteiger partial charge in [-0.3, -0.25) is 0 Å². The molecule has 1 aliphatic rings. The van der Waals surface area contributed by atoms with Crippen molar-refractivity contribution < 1.29 is 19.4 Å². The van der Waals surface area contributed by atoms with Gasteiger partial charge in [0.15, 0.2) is 6.10 Å². The summed E-state index contributed by atoms with van der Waals surface area (Å²) < 4.78 is 11.7. The number of benzene rings is 3. The summed E-state index contributed by atoms with van der Waals surface area (Å²) in [6, 6.07) is 24.6. The predicted molar refractivity (Wildman–Crippen MR) is 141 cm³/mol. The van der Waals surface area contributed by atoms with E-state index in [0.29, 0.717) is 19.6 Å². The highest BCUT2D eigenvalue weighted by molar-refractivity contribution is 6.01. The van der Waals surface area contributed by atoms with Crippen LogP contribution in [-0.4, -0.2) is 30.4 Å². The van der Waals surface area contributed by atoms with Crippen molar-refractivity contribution in [1.82, 2.24) is 0 Å². The van der Waals surface area contributed by atoms with Crippen LogP contribution in [0.25, 0.3) is 16.7 Å². The third-order valence-electron chi connectivity index (χ3n) is 6.45. The molecule has 0 aliphatic heterocycles. The normalized spacial score (nSPS) is 12.7. The molecule has 4 rings (SSSR count). The third kappa shape index (κ3) is 6.40. The van der Waals surface area contributed by atoms with Crippen LogP contribution in [0.2, 0.25) is 0 Å². The quantitative estimate of drug-likeness (QED) is 0.211. The van der Waals surface area contributed by atoms with Gasteiger partial charge in [-0.2, -0.15) is 0 Å². The lowest BCUT2D eigenvalue weighted by molar-refractivity contribution is -0.150. The maximum Gasteiger partial charge on any atom is 0.333 e. The van der Waals surface area contributed by atoms with E-state index in [0.717, 1.165) is 24.2 Å². The molecule has 0 bridgehead atoms. The Morgan fingerprint density at radius 1 is 0.829 bits per heavy atom. The zero-order valence-corrected chi connectivity index (χ0v) is 20.4. The van der Waals surface area contributed by atoms with E-state index in [1.54, 1.807) is 0 Å². The monoisotopic (exact) mass is 470 g/mol. The van der Waals surface area contributed by atoms with Crippen molar-refractivity contribution in [3.05, 3.63) is 95.6 Å². The van der Waals surface area contributed by atoms with E-state index >= 15 is 0 Å². The Morgan fingerprint density at radius 3 is 2.03 bits per heavy atom. The average molecular weight is 471 g/mol. The molecule has 0 heterocycles. The van der Waals surface area contributed by atoms with Gasteiger partial charge < -0.3 is 14.6 Å². The molecule has 0 amide bonds. The van der Waals surface area contributed by atoms with Gasteiger partial charge in [-0.15, -0.1) is 0 Å². The molecule has 1 unspecified atom stereocenters. The van der Waals surface area contributed by atoms with Crippen LogP contribution in [0.4, 0.5) is 0 Å². The Labute approximate surface area is 208 Å². The lowest BCUT2D eigenvalue weighted by Crippen LogP contribution is -2.26. The maximum atomic E-state index is 11.6. The van der Waals surface area contributed by atoms with Crippen LogP contribution in [-0.2, 0) is 16.0 Å². The van der Waals surface area contributed by atoms with Crippen molar-refractivity contribution in [3.63, 3.8) is 0 Å². The van der Waals surface area contributed by atoms with E-state index in [1.165, 1.54) is 47.1 Å². The highest BCUT2D eigenvalue weighted by Crippen LogP contribution is 2.43. The Bertz CT molecular complexity index is 1100. The average Bonchev–Trinajstić information content (AvgIpc) is 3.20. The summed E-state index contributed by atoms with van der Waals surface area (Å²) in [5, 5.41) is 9.53. The van der Waals surface area contributed by atoms with Gasteiger partial charge in [0.2, 0.25) is 0 Å². The van der Waals surface area contributed by atoms with Crippen molar-refractivity contribution in [1.29, 1.82) is 0 Å². The van der Waals surface area contributed by atoms with Crippen LogP contribution in [0.15, 0.2) is 78.9 Å². The standard InChI is InChI=1S/C31H34O4/c1-2-3-4-5-10-20-35-30(31(32)33)22-23-15-17-24(18-16-23)34-21-19-29-27-13-8-6-11-25(27)26-12-7-9-14-28(26)29/h6-9,11-19,30H,2-5,10,20-22H2,1H3,(H,32,33). The summed E-state index contributed by atoms with van der Waals surface area (Å²) in [7, 11) is 0. The number of carbonyl (C=O) groups is 1. The molecule has 1 N–H and O–H groups in total. The molecule has 3 aromatic carbocycles. The molecule has 35 heavy (non-hydrogen) atoms. The molecule has 1 aliphatic carbocycles. The number of hydrogen-bond acceptors (Lipinski definition) is 3. The lowest BCUT2D eigenvalue weighted by Gasteiger charge is -2.14. The van der Waals surface area contributed by atoms with Crippen LogP contribution < -0.4 is 4.74 Å². The largest absolute Gasteiger partial charge is 0.490 e. The summed E-state index contributed by atoms with van der Waals surface area (Å²) in [6.45, 7) is 3.12. The number of rotatable bonds is 13. The van der Waals surface area contributed by atoms with Gasteiger partial charge in [-0.1, -0.05) is 93.3 Å². The summed E-state index contributed by atoms with van der Waals surface area (Å²) in [4.78, 5) is 11.6. The van der Waals surface area contributed by atoms with Gasteiger partial charge in [-0.05, 0) is 58.0 Å². The summed E-state index contributed by atoms with van der Waals surface area (Å²) in [6.07, 6.45) is 7.23. The fourth-order valence-electron chi connectivity index (χ4n) is 4.58. The zero-order valence-electron chi connectivity index (χ0n) is 20.4. The SMILES string of the molecule is CCCCCCCOC(Cc1ccc(OCC=C2c3ccccc3-c3ccccc32)cc1)C(=O)O. The molecular formula is C31H34O4. The number of hydrogen-bond donors (Lipinski definition) is 1. The second kappa shape index (κ2) is 12.4. The Hall–Kier alpha value is -3.37. The van der Waals surface area contributed by atoms with Gasteiger partial charge in [0.05, 0.1) is 0 Å². The number of carboxylic acid groups (broad SMARTS) is 1. The van der Waals surface area contributed by atoms with E-state index in [1.807, 2.05) is 24.3 Å². The first kappa shape index (κ1) is 24.7. The summed E-state index contributed by atoms with van der Waals surface area (Å²) in [5.41, 5.74) is 7.11. The van der Waals surface area contributed by atoms with E-state index < -0.39 is 12.1 Å². The smallest absolute Gasteiger partial charge is 0.333 e. The first-order chi connectivity index (χ1) is 17.2. The summed E-state index contributed by atoms with van der Waals surface area (Å²) in [5.74, 6) is -0.156. The lowest BCUT2D eigenvalue weighted by atomic mass is 10.0. The third-order valence-corrected chi connectivity index (χ3v) is 6.45.